The van der Waals surface area contributed by atoms with Crippen LogP contribution in [0, 0.1) is 6.42 Å². The molecule has 63 valence electrons. The van der Waals surface area contributed by atoms with Gasteiger partial charge in [0.2, 0.25) is 0 Å². The van der Waals surface area contributed by atoms with Gasteiger partial charge in [0.05, 0.1) is 13.0 Å². The van der Waals surface area contributed by atoms with E-state index < -0.39 is 0 Å². The van der Waals surface area contributed by atoms with Crippen LogP contribution >= 0.6 is 0 Å². The molecule has 0 saturated heterocycles. The monoisotopic (exact) mass is 163 g/mol. The molecule has 0 atom stereocenters. The Morgan fingerprint density at radius 1 is 1.33 bits per heavy atom. The van der Waals surface area contributed by atoms with Gasteiger partial charge in [-0.1, -0.05) is 30.3 Å². The Morgan fingerprint density at radius 2 is 2.00 bits per heavy atom. The van der Waals surface area contributed by atoms with Crippen LogP contribution in [0.25, 0.3) is 0 Å². The molecule has 0 aromatic heterocycles. The number of benzene rings is 1. The molecule has 12 heavy (non-hydrogen) atoms. The smallest absolute Gasteiger partial charge is 0.143 e. The Hall–Kier alpha value is -1.15. The molecule has 0 fully saturated rings. The molecule has 0 spiro atoms. The number of Topliss-reactive ketones (excluding diaryl/α,β-unsaturated/α-hetero) is 1. The molecular weight excluding hydrogens is 152 g/mol. The van der Waals surface area contributed by atoms with Gasteiger partial charge in [-0.25, -0.2) is 0 Å². The molecule has 2 heteroatoms. The minimum Gasteiger partial charge on any atom is -0.396 e. The van der Waals surface area contributed by atoms with Gasteiger partial charge in [-0.05, 0) is 5.56 Å². The van der Waals surface area contributed by atoms with Gasteiger partial charge in [-0.3, -0.25) is 4.79 Å². The molecule has 0 saturated carbocycles. The minimum atomic E-state index is -0.175. The summed E-state index contributed by atoms with van der Waals surface area (Å²) in [6.07, 6.45) is 1.66. The normalized spacial score (nSPS) is 9.75. The molecule has 0 unspecified atom stereocenters. The topological polar surface area (TPSA) is 37.3 Å². The molecule has 1 aromatic rings. The molecule has 0 bridgehead atoms. The number of ketones is 1. The van der Waals surface area contributed by atoms with E-state index in [1.807, 2.05) is 30.3 Å². The van der Waals surface area contributed by atoms with E-state index >= 15 is 0 Å². The van der Waals surface area contributed by atoms with Crippen molar-refractivity contribution in [2.24, 2.45) is 0 Å². The Balaban J connectivity index is 2.47. The van der Waals surface area contributed by atoms with Crippen molar-refractivity contribution in [2.75, 3.05) is 6.61 Å². The minimum absolute atomic E-state index is 0.0382. The van der Waals surface area contributed by atoms with Gasteiger partial charge in [-0.2, -0.15) is 0 Å². The van der Waals surface area contributed by atoms with Crippen LogP contribution in [0.4, 0.5) is 0 Å². The van der Waals surface area contributed by atoms with Crippen LogP contribution in [-0.2, 0) is 11.2 Å². The number of hydrogen-bond donors (Lipinski definition) is 1. The second kappa shape index (κ2) is 4.67. The second-order valence-electron chi connectivity index (χ2n) is 2.52. The maximum Gasteiger partial charge on any atom is 0.143 e. The molecular formula is C10H11O2. The first-order valence-electron chi connectivity index (χ1n) is 3.84. The molecule has 1 radical (unpaired) electrons. The molecule has 0 aliphatic heterocycles. The molecule has 1 rings (SSSR count). The quantitative estimate of drug-likeness (QED) is 0.718. The third-order valence-electron chi connectivity index (χ3n) is 1.54. The number of carbonyl (C=O) groups is 1. The van der Waals surface area contributed by atoms with Crippen LogP contribution in [0.5, 0.6) is 0 Å². The maximum absolute atomic E-state index is 11.0. The first-order valence-corrected chi connectivity index (χ1v) is 3.84. The molecule has 0 aliphatic rings. The largest absolute Gasteiger partial charge is 0.396 e. The van der Waals surface area contributed by atoms with Gasteiger partial charge in [0.1, 0.15) is 5.78 Å². The lowest BCUT2D eigenvalue weighted by molar-refractivity contribution is -0.115. The predicted octanol–water partition coefficient (Wildman–Crippen LogP) is 0.995. The highest BCUT2D eigenvalue weighted by atomic mass is 16.3. The van der Waals surface area contributed by atoms with Crippen molar-refractivity contribution in [3.05, 3.63) is 42.3 Å². The fourth-order valence-corrected chi connectivity index (χ4v) is 0.971. The fraction of sp³-hybridized carbons (Fsp3) is 0.200. The highest BCUT2D eigenvalue weighted by Gasteiger charge is 2.01. The molecule has 2 nitrogen and oxygen atoms in total. The Morgan fingerprint density at radius 3 is 2.58 bits per heavy atom. The van der Waals surface area contributed by atoms with Gasteiger partial charge in [0.25, 0.3) is 0 Å². The first kappa shape index (κ1) is 8.94. The van der Waals surface area contributed by atoms with Crippen LogP contribution < -0.4 is 0 Å². The lowest BCUT2D eigenvalue weighted by Gasteiger charge is -1.97. The molecule has 1 aromatic carbocycles. The van der Waals surface area contributed by atoms with Crippen LogP contribution in [0.1, 0.15) is 5.56 Å². The number of aliphatic hydroxyl groups excluding tert-OH is 1. The molecule has 0 amide bonds. The lowest BCUT2D eigenvalue weighted by Crippen LogP contribution is -2.05. The van der Waals surface area contributed by atoms with E-state index in [9.17, 15) is 4.79 Å². The Bertz CT molecular complexity index is 241. The summed E-state index contributed by atoms with van der Waals surface area (Å²) in [6, 6.07) is 9.47. The molecule has 1 N–H and O–H groups in total. The summed E-state index contributed by atoms with van der Waals surface area (Å²) in [5, 5.41) is 8.44. The zero-order chi connectivity index (χ0) is 8.81. The second-order valence-corrected chi connectivity index (χ2v) is 2.52. The van der Waals surface area contributed by atoms with Crippen molar-refractivity contribution in [3.63, 3.8) is 0 Å². The van der Waals surface area contributed by atoms with E-state index in [-0.39, 0.29) is 12.4 Å². The summed E-state index contributed by atoms with van der Waals surface area (Å²) in [7, 11) is 0. The standard InChI is InChI=1S/C10H11O2/c11-7-6-10(12)8-9-4-2-1-3-5-9/h1-6,11H,7-8H2. The lowest BCUT2D eigenvalue weighted by atomic mass is 10.1. The van der Waals surface area contributed by atoms with E-state index in [1.165, 1.54) is 6.42 Å². The van der Waals surface area contributed by atoms with E-state index in [0.29, 0.717) is 6.42 Å². The highest BCUT2D eigenvalue weighted by Crippen LogP contribution is 2.00. The van der Waals surface area contributed by atoms with Crippen molar-refractivity contribution in [2.45, 2.75) is 6.42 Å². The number of rotatable bonds is 4. The average molecular weight is 163 g/mol. The zero-order valence-electron chi connectivity index (χ0n) is 6.73. The summed E-state index contributed by atoms with van der Waals surface area (Å²) in [6.45, 7) is -0.175. The van der Waals surface area contributed by atoms with Crippen LogP contribution in [-0.4, -0.2) is 17.5 Å². The van der Waals surface area contributed by atoms with E-state index in [1.54, 1.807) is 0 Å². The van der Waals surface area contributed by atoms with Gasteiger partial charge >= 0.3 is 0 Å². The van der Waals surface area contributed by atoms with Gasteiger partial charge in [0.15, 0.2) is 0 Å². The van der Waals surface area contributed by atoms with Crippen LogP contribution in [0.3, 0.4) is 0 Å². The summed E-state index contributed by atoms with van der Waals surface area (Å²) in [5.41, 5.74) is 0.979. The van der Waals surface area contributed by atoms with Gasteiger partial charge < -0.3 is 5.11 Å². The summed E-state index contributed by atoms with van der Waals surface area (Å²) in [5.74, 6) is -0.0382. The summed E-state index contributed by atoms with van der Waals surface area (Å²) < 4.78 is 0. The van der Waals surface area contributed by atoms with Crippen molar-refractivity contribution in [1.82, 2.24) is 0 Å². The SMILES string of the molecule is O=C([CH]CO)Cc1ccccc1. The van der Waals surface area contributed by atoms with Crippen molar-refractivity contribution in [1.29, 1.82) is 0 Å². The van der Waals surface area contributed by atoms with Crippen molar-refractivity contribution >= 4 is 5.78 Å². The van der Waals surface area contributed by atoms with Crippen molar-refractivity contribution in [3.8, 4) is 0 Å². The average Bonchev–Trinajstić information content (AvgIpc) is 2.06. The van der Waals surface area contributed by atoms with Crippen molar-refractivity contribution < 1.29 is 9.90 Å². The van der Waals surface area contributed by atoms with E-state index in [2.05, 4.69) is 0 Å². The highest BCUT2D eigenvalue weighted by molar-refractivity contribution is 5.88. The molecule has 0 heterocycles. The van der Waals surface area contributed by atoms with E-state index in [0.717, 1.165) is 5.56 Å². The summed E-state index contributed by atoms with van der Waals surface area (Å²) in [4.78, 5) is 11.0. The van der Waals surface area contributed by atoms with Crippen LogP contribution in [0.2, 0.25) is 0 Å². The third-order valence-corrected chi connectivity index (χ3v) is 1.54. The Kier molecular flexibility index (Phi) is 3.48. The van der Waals surface area contributed by atoms with E-state index in [4.69, 9.17) is 5.11 Å². The summed E-state index contributed by atoms with van der Waals surface area (Å²) >= 11 is 0. The first-order chi connectivity index (χ1) is 5.83. The number of hydrogen-bond acceptors (Lipinski definition) is 2. The number of aliphatic hydroxyl groups is 1. The Labute approximate surface area is 71.8 Å². The predicted molar refractivity (Wildman–Crippen MR) is 46.5 cm³/mol. The fourth-order valence-electron chi connectivity index (χ4n) is 0.971. The maximum atomic E-state index is 11.0. The number of carbonyl (C=O) groups excluding carboxylic acids is 1. The van der Waals surface area contributed by atoms with Gasteiger partial charge in [0, 0.05) is 6.42 Å². The van der Waals surface area contributed by atoms with Crippen LogP contribution in [0.15, 0.2) is 30.3 Å². The van der Waals surface area contributed by atoms with Gasteiger partial charge in [-0.15, -0.1) is 0 Å². The zero-order valence-corrected chi connectivity index (χ0v) is 6.73. The molecule has 0 aliphatic carbocycles. The third kappa shape index (κ3) is 2.84.